The summed E-state index contributed by atoms with van der Waals surface area (Å²) >= 11 is 12.3. The number of nitrogens with zero attached hydrogens (tertiary/aromatic N) is 2. The fourth-order valence-electron chi connectivity index (χ4n) is 4.17. The largest absolute Gasteiger partial charge is 0.352 e. The van der Waals surface area contributed by atoms with E-state index < -0.39 is 28.5 Å². The maximum atomic E-state index is 14.0. The van der Waals surface area contributed by atoms with E-state index in [-0.39, 0.29) is 23.4 Å². The van der Waals surface area contributed by atoms with Gasteiger partial charge in [-0.05, 0) is 74.7 Å². The Labute approximate surface area is 240 Å². The predicted molar refractivity (Wildman–Crippen MR) is 157 cm³/mol. The summed E-state index contributed by atoms with van der Waals surface area (Å²) in [5.41, 5.74) is 1.84. The first-order valence-electron chi connectivity index (χ1n) is 12.6. The van der Waals surface area contributed by atoms with Gasteiger partial charge in [0.15, 0.2) is 0 Å². The summed E-state index contributed by atoms with van der Waals surface area (Å²) in [5, 5.41) is 3.55. The van der Waals surface area contributed by atoms with Gasteiger partial charge in [0.2, 0.25) is 11.8 Å². The Morgan fingerprint density at radius 1 is 0.923 bits per heavy atom. The fraction of sp³-hybridized carbons (Fsp3) is 0.310. The van der Waals surface area contributed by atoms with E-state index in [9.17, 15) is 18.0 Å². The van der Waals surface area contributed by atoms with Crippen LogP contribution in [0.1, 0.15) is 38.3 Å². The van der Waals surface area contributed by atoms with Gasteiger partial charge in [0.25, 0.3) is 10.0 Å². The van der Waals surface area contributed by atoms with Crippen LogP contribution in [-0.4, -0.2) is 43.8 Å². The van der Waals surface area contributed by atoms with E-state index in [1.54, 1.807) is 61.5 Å². The fourth-order valence-corrected chi connectivity index (χ4v) is 5.91. The summed E-state index contributed by atoms with van der Waals surface area (Å²) in [7, 11) is -4.11. The molecule has 10 heteroatoms. The first-order valence-corrected chi connectivity index (χ1v) is 14.8. The number of carbonyl (C=O) groups is 2. The minimum Gasteiger partial charge on any atom is -0.352 e. The van der Waals surface area contributed by atoms with Crippen molar-refractivity contribution in [3.8, 4) is 0 Å². The van der Waals surface area contributed by atoms with Gasteiger partial charge in [0, 0.05) is 12.6 Å². The number of hydrogen-bond donors (Lipinski definition) is 1. The number of benzene rings is 3. The molecule has 0 fully saturated rings. The molecule has 0 saturated heterocycles. The number of amides is 2. The highest BCUT2D eigenvalue weighted by atomic mass is 35.5. The van der Waals surface area contributed by atoms with Crippen molar-refractivity contribution in [2.24, 2.45) is 0 Å². The smallest absolute Gasteiger partial charge is 0.264 e. The first-order chi connectivity index (χ1) is 18.4. The van der Waals surface area contributed by atoms with Crippen molar-refractivity contribution in [1.82, 2.24) is 10.2 Å². The molecule has 208 valence electrons. The molecule has 0 spiro atoms. The number of sulfonamides is 1. The minimum atomic E-state index is -4.11. The zero-order valence-electron chi connectivity index (χ0n) is 22.4. The lowest BCUT2D eigenvalue weighted by molar-refractivity contribution is -0.140. The van der Waals surface area contributed by atoms with Crippen LogP contribution < -0.4 is 9.62 Å². The van der Waals surface area contributed by atoms with Gasteiger partial charge in [-0.15, -0.1) is 0 Å². The van der Waals surface area contributed by atoms with E-state index in [0.717, 1.165) is 9.87 Å². The molecular formula is C29H33Cl2N3O4S. The number of aryl methyl sites for hydroxylation is 1. The highest BCUT2D eigenvalue weighted by Crippen LogP contribution is 2.27. The molecule has 0 unspecified atom stereocenters. The number of hydrogen-bond acceptors (Lipinski definition) is 4. The molecule has 7 nitrogen and oxygen atoms in total. The second-order valence-corrected chi connectivity index (χ2v) is 12.2. The molecule has 39 heavy (non-hydrogen) atoms. The molecule has 3 rings (SSSR count). The highest BCUT2D eigenvalue weighted by Gasteiger charge is 2.33. The van der Waals surface area contributed by atoms with Crippen LogP contribution in [0.25, 0.3) is 0 Å². The Morgan fingerprint density at radius 2 is 1.62 bits per heavy atom. The first kappa shape index (κ1) is 30.5. The number of halogens is 2. The van der Waals surface area contributed by atoms with Crippen LogP contribution in [0.3, 0.4) is 0 Å². The third-order valence-electron chi connectivity index (χ3n) is 6.05. The summed E-state index contributed by atoms with van der Waals surface area (Å²) < 4.78 is 28.7. The predicted octanol–water partition coefficient (Wildman–Crippen LogP) is 5.83. The number of carbonyl (C=O) groups excluding carboxylic acids is 2. The molecule has 3 aromatic carbocycles. The van der Waals surface area contributed by atoms with Crippen molar-refractivity contribution in [1.29, 1.82) is 0 Å². The van der Waals surface area contributed by atoms with Crippen molar-refractivity contribution in [3.63, 3.8) is 0 Å². The van der Waals surface area contributed by atoms with Crippen molar-refractivity contribution >= 4 is 50.7 Å². The van der Waals surface area contributed by atoms with E-state index in [1.807, 2.05) is 26.8 Å². The van der Waals surface area contributed by atoms with Crippen molar-refractivity contribution < 1.29 is 18.0 Å². The third kappa shape index (κ3) is 7.75. The van der Waals surface area contributed by atoms with E-state index in [0.29, 0.717) is 27.7 Å². The molecule has 0 aromatic heterocycles. The van der Waals surface area contributed by atoms with Gasteiger partial charge in [-0.3, -0.25) is 13.9 Å². The molecule has 0 heterocycles. The zero-order chi connectivity index (χ0) is 28.7. The van der Waals surface area contributed by atoms with Crippen LogP contribution in [0.15, 0.2) is 77.7 Å². The maximum absolute atomic E-state index is 14.0. The summed E-state index contributed by atoms with van der Waals surface area (Å²) in [5.74, 6) is -0.859. The third-order valence-corrected chi connectivity index (χ3v) is 8.58. The lowest BCUT2D eigenvalue weighted by atomic mass is 10.1. The van der Waals surface area contributed by atoms with Gasteiger partial charge in [-0.2, -0.15) is 0 Å². The molecule has 0 aliphatic carbocycles. The lowest BCUT2D eigenvalue weighted by Gasteiger charge is -2.33. The summed E-state index contributed by atoms with van der Waals surface area (Å²) in [4.78, 5) is 28.7. The molecule has 1 atom stereocenters. The van der Waals surface area contributed by atoms with Crippen molar-refractivity contribution in [2.45, 2.75) is 57.6 Å². The molecule has 0 aliphatic rings. The van der Waals surface area contributed by atoms with Gasteiger partial charge >= 0.3 is 0 Å². The molecule has 0 bridgehead atoms. The van der Waals surface area contributed by atoms with Crippen LogP contribution in [-0.2, 0) is 26.2 Å². The molecular weight excluding hydrogens is 557 g/mol. The molecule has 0 radical (unpaired) electrons. The van der Waals surface area contributed by atoms with Crippen molar-refractivity contribution in [3.05, 3.63) is 94.0 Å². The quantitative estimate of drug-likeness (QED) is 0.305. The Kier molecular flexibility index (Phi) is 10.4. The Hall–Kier alpha value is -3.07. The molecule has 3 aromatic rings. The highest BCUT2D eigenvalue weighted by molar-refractivity contribution is 7.92. The maximum Gasteiger partial charge on any atom is 0.264 e. The van der Waals surface area contributed by atoms with Gasteiger partial charge in [-0.1, -0.05) is 66.5 Å². The second-order valence-electron chi connectivity index (χ2n) is 9.52. The normalized spacial score (nSPS) is 12.2. The summed E-state index contributed by atoms with van der Waals surface area (Å²) in [6, 6.07) is 18.9. The van der Waals surface area contributed by atoms with Crippen LogP contribution in [0, 0.1) is 6.92 Å². The number of anilines is 1. The Morgan fingerprint density at radius 3 is 2.21 bits per heavy atom. The summed E-state index contributed by atoms with van der Waals surface area (Å²) in [6.07, 6.45) is 0.321. The SMILES string of the molecule is CC[C@@H](C(=O)NC(C)C)N(Cc1ccc(Cl)c(Cl)c1)C(=O)CN(c1cccc(C)c1)S(=O)(=O)c1ccccc1. The van der Waals surface area contributed by atoms with E-state index in [1.165, 1.54) is 17.0 Å². The van der Waals surface area contributed by atoms with Gasteiger partial charge in [0.05, 0.1) is 20.6 Å². The second kappa shape index (κ2) is 13.3. The number of rotatable bonds is 11. The Balaban J connectivity index is 2.07. The van der Waals surface area contributed by atoms with E-state index in [2.05, 4.69) is 5.32 Å². The topological polar surface area (TPSA) is 86.8 Å². The summed E-state index contributed by atoms with van der Waals surface area (Å²) in [6.45, 7) is 6.85. The Bertz CT molecular complexity index is 1420. The molecule has 2 amide bonds. The van der Waals surface area contributed by atoms with Crippen LogP contribution in [0.5, 0.6) is 0 Å². The minimum absolute atomic E-state index is 0.0345. The van der Waals surface area contributed by atoms with Crippen LogP contribution in [0.4, 0.5) is 5.69 Å². The molecule has 0 saturated carbocycles. The van der Waals surface area contributed by atoms with Crippen LogP contribution >= 0.6 is 23.2 Å². The molecule has 1 N–H and O–H groups in total. The van der Waals surface area contributed by atoms with E-state index in [4.69, 9.17) is 23.2 Å². The van der Waals surface area contributed by atoms with Crippen molar-refractivity contribution in [2.75, 3.05) is 10.8 Å². The van der Waals surface area contributed by atoms with Gasteiger partial charge < -0.3 is 10.2 Å². The molecule has 0 aliphatic heterocycles. The standard InChI is InChI=1S/C29H33Cl2N3O4S/c1-5-27(29(36)32-20(2)3)33(18-22-14-15-25(30)26(31)17-22)28(35)19-34(23-11-9-10-21(4)16-23)39(37,38)24-12-7-6-8-13-24/h6-17,20,27H,5,18-19H2,1-4H3,(H,32,36)/t27-/m0/s1. The number of nitrogens with one attached hydrogen (secondary N) is 1. The van der Waals surface area contributed by atoms with Crippen LogP contribution in [0.2, 0.25) is 10.0 Å². The monoisotopic (exact) mass is 589 g/mol. The lowest BCUT2D eigenvalue weighted by Crippen LogP contribution is -2.53. The van der Waals surface area contributed by atoms with E-state index >= 15 is 0 Å². The zero-order valence-corrected chi connectivity index (χ0v) is 24.7. The van der Waals surface area contributed by atoms with Gasteiger partial charge in [-0.25, -0.2) is 8.42 Å². The van der Waals surface area contributed by atoms with Gasteiger partial charge in [0.1, 0.15) is 12.6 Å². The average molecular weight is 591 g/mol. The average Bonchev–Trinajstić information content (AvgIpc) is 2.89.